The summed E-state index contributed by atoms with van der Waals surface area (Å²) in [6.45, 7) is 5.90. The zero-order valence-electron chi connectivity index (χ0n) is 12.4. The van der Waals surface area contributed by atoms with E-state index in [4.69, 9.17) is 5.73 Å². The fraction of sp³-hybridized carbons (Fsp3) is 0.733. The van der Waals surface area contributed by atoms with E-state index < -0.39 is 0 Å². The second-order valence-electron chi connectivity index (χ2n) is 6.52. The van der Waals surface area contributed by atoms with Crippen LogP contribution in [0.2, 0.25) is 0 Å². The molecule has 1 saturated carbocycles. The van der Waals surface area contributed by atoms with Crippen molar-refractivity contribution in [2.24, 2.45) is 11.1 Å². The third-order valence-electron chi connectivity index (χ3n) is 4.05. The first-order valence-corrected chi connectivity index (χ1v) is 7.27. The molecule has 0 saturated heterocycles. The van der Waals surface area contributed by atoms with Gasteiger partial charge in [0.2, 0.25) is 0 Å². The molecule has 0 atom stereocenters. The molecule has 4 nitrogen and oxygen atoms in total. The van der Waals surface area contributed by atoms with Crippen LogP contribution in [0.25, 0.3) is 0 Å². The SMILES string of the molecule is CN(CC(C)(C)CN)c1ccc(C2CCCC2)nn1. The van der Waals surface area contributed by atoms with Crippen LogP contribution < -0.4 is 10.6 Å². The van der Waals surface area contributed by atoms with Crippen molar-refractivity contribution in [3.63, 3.8) is 0 Å². The maximum absolute atomic E-state index is 5.78. The minimum atomic E-state index is 0.0978. The molecule has 19 heavy (non-hydrogen) atoms. The largest absolute Gasteiger partial charge is 0.358 e. The molecule has 0 spiro atoms. The minimum absolute atomic E-state index is 0.0978. The van der Waals surface area contributed by atoms with Crippen molar-refractivity contribution in [1.82, 2.24) is 10.2 Å². The van der Waals surface area contributed by atoms with Gasteiger partial charge >= 0.3 is 0 Å². The van der Waals surface area contributed by atoms with Gasteiger partial charge in [-0.3, -0.25) is 0 Å². The Morgan fingerprint density at radius 3 is 2.47 bits per heavy atom. The smallest absolute Gasteiger partial charge is 0.151 e. The number of rotatable bonds is 5. The Kier molecular flexibility index (Phi) is 4.40. The second-order valence-corrected chi connectivity index (χ2v) is 6.52. The van der Waals surface area contributed by atoms with Crippen LogP contribution in [0.1, 0.15) is 51.1 Å². The molecule has 0 radical (unpaired) electrons. The fourth-order valence-electron chi connectivity index (χ4n) is 2.77. The topological polar surface area (TPSA) is 55.0 Å². The van der Waals surface area contributed by atoms with Crippen LogP contribution >= 0.6 is 0 Å². The monoisotopic (exact) mass is 262 g/mol. The zero-order chi connectivity index (χ0) is 13.9. The molecule has 1 aromatic rings. The van der Waals surface area contributed by atoms with E-state index >= 15 is 0 Å². The summed E-state index contributed by atoms with van der Waals surface area (Å²) in [5.74, 6) is 1.57. The summed E-state index contributed by atoms with van der Waals surface area (Å²) in [6.07, 6.45) is 5.20. The van der Waals surface area contributed by atoms with Gasteiger partial charge in [-0.1, -0.05) is 26.7 Å². The number of anilines is 1. The predicted octanol–water partition coefficient (Wildman–Crippen LogP) is 2.56. The van der Waals surface area contributed by atoms with Gasteiger partial charge in [0.25, 0.3) is 0 Å². The van der Waals surface area contributed by atoms with Gasteiger partial charge in [0.1, 0.15) is 0 Å². The summed E-state index contributed by atoms with van der Waals surface area (Å²) in [5, 5.41) is 8.79. The lowest BCUT2D eigenvalue weighted by Crippen LogP contribution is -2.37. The van der Waals surface area contributed by atoms with E-state index in [0.29, 0.717) is 12.5 Å². The lowest BCUT2D eigenvalue weighted by atomic mass is 9.93. The maximum Gasteiger partial charge on any atom is 0.151 e. The van der Waals surface area contributed by atoms with E-state index in [0.717, 1.165) is 18.1 Å². The Morgan fingerprint density at radius 2 is 1.95 bits per heavy atom. The molecule has 1 heterocycles. The average Bonchev–Trinajstić information content (AvgIpc) is 2.92. The van der Waals surface area contributed by atoms with Crippen LogP contribution in [0.4, 0.5) is 5.82 Å². The fourth-order valence-corrected chi connectivity index (χ4v) is 2.77. The van der Waals surface area contributed by atoms with E-state index in [1.54, 1.807) is 0 Å². The number of aromatic nitrogens is 2. The molecule has 0 bridgehead atoms. The van der Waals surface area contributed by atoms with Gasteiger partial charge < -0.3 is 10.6 Å². The van der Waals surface area contributed by atoms with E-state index in [2.05, 4.69) is 48.1 Å². The summed E-state index contributed by atoms with van der Waals surface area (Å²) in [6, 6.07) is 4.23. The third-order valence-corrected chi connectivity index (χ3v) is 4.05. The number of nitrogens with zero attached hydrogens (tertiary/aromatic N) is 3. The Hall–Kier alpha value is -1.16. The van der Waals surface area contributed by atoms with Crippen molar-refractivity contribution in [1.29, 1.82) is 0 Å². The number of nitrogens with two attached hydrogens (primary N) is 1. The van der Waals surface area contributed by atoms with E-state index in [-0.39, 0.29) is 5.41 Å². The molecular formula is C15H26N4. The molecule has 1 aromatic heterocycles. The van der Waals surface area contributed by atoms with Gasteiger partial charge in [-0.25, -0.2) is 0 Å². The second kappa shape index (κ2) is 5.87. The Morgan fingerprint density at radius 1 is 1.26 bits per heavy atom. The van der Waals surface area contributed by atoms with Gasteiger partial charge in [-0.15, -0.1) is 5.10 Å². The molecule has 1 aliphatic carbocycles. The van der Waals surface area contributed by atoms with Gasteiger partial charge in [-0.05, 0) is 36.9 Å². The molecule has 0 aliphatic heterocycles. The first-order valence-electron chi connectivity index (χ1n) is 7.27. The van der Waals surface area contributed by atoms with Crippen LogP contribution in [-0.4, -0.2) is 30.3 Å². The normalized spacial score (nSPS) is 16.8. The summed E-state index contributed by atoms with van der Waals surface area (Å²) in [7, 11) is 2.05. The van der Waals surface area contributed by atoms with Crippen LogP contribution in [0.3, 0.4) is 0 Å². The highest BCUT2D eigenvalue weighted by atomic mass is 15.2. The molecule has 0 unspecified atom stereocenters. The summed E-state index contributed by atoms with van der Waals surface area (Å²) in [4.78, 5) is 2.14. The predicted molar refractivity (Wildman–Crippen MR) is 79.3 cm³/mol. The molecule has 0 aromatic carbocycles. The highest BCUT2D eigenvalue weighted by Crippen LogP contribution is 2.32. The van der Waals surface area contributed by atoms with Gasteiger partial charge in [0.15, 0.2) is 5.82 Å². The number of hydrogen-bond acceptors (Lipinski definition) is 4. The first-order chi connectivity index (χ1) is 9.02. The van der Waals surface area contributed by atoms with Gasteiger partial charge in [0.05, 0.1) is 5.69 Å². The molecule has 2 N–H and O–H groups in total. The molecular weight excluding hydrogens is 236 g/mol. The molecule has 1 fully saturated rings. The Balaban J connectivity index is 2.01. The van der Waals surface area contributed by atoms with Crippen molar-refractivity contribution < 1.29 is 0 Å². The lowest BCUT2D eigenvalue weighted by molar-refractivity contribution is 0.384. The van der Waals surface area contributed by atoms with Crippen LogP contribution in [0.15, 0.2) is 12.1 Å². The maximum atomic E-state index is 5.78. The van der Waals surface area contributed by atoms with Crippen molar-refractivity contribution in [2.75, 3.05) is 25.0 Å². The molecule has 0 amide bonds. The average molecular weight is 262 g/mol. The Labute approximate surface area is 116 Å². The zero-order valence-corrected chi connectivity index (χ0v) is 12.4. The van der Waals surface area contributed by atoms with Crippen molar-refractivity contribution in [2.45, 2.75) is 45.4 Å². The molecule has 1 aliphatic rings. The minimum Gasteiger partial charge on any atom is -0.358 e. The number of hydrogen-bond donors (Lipinski definition) is 1. The lowest BCUT2D eigenvalue weighted by Gasteiger charge is -2.29. The van der Waals surface area contributed by atoms with Crippen molar-refractivity contribution in [3.8, 4) is 0 Å². The van der Waals surface area contributed by atoms with Crippen LogP contribution in [0.5, 0.6) is 0 Å². The van der Waals surface area contributed by atoms with Crippen LogP contribution in [0, 0.1) is 5.41 Å². The van der Waals surface area contributed by atoms with E-state index in [9.17, 15) is 0 Å². The summed E-state index contributed by atoms with van der Waals surface area (Å²) >= 11 is 0. The third kappa shape index (κ3) is 3.66. The standard InChI is InChI=1S/C15H26N4/c1-15(2,10-16)11-19(3)14-9-8-13(17-18-14)12-6-4-5-7-12/h8-9,12H,4-7,10-11,16H2,1-3H3. The highest BCUT2D eigenvalue weighted by Gasteiger charge is 2.21. The highest BCUT2D eigenvalue weighted by molar-refractivity contribution is 5.37. The quantitative estimate of drug-likeness (QED) is 0.886. The van der Waals surface area contributed by atoms with Gasteiger partial charge in [0, 0.05) is 19.5 Å². The van der Waals surface area contributed by atoms with Gasteiger partial charge in [-0.2, -0.15) is 5.10 Å². The summed E-state index contributed by atoms with van der Waals surface area (Å²) < 4.78 is 0. The van der Waals surface area contributed by atoms with E-state index in [1.165, 1.54) is 25.7 Å². The Bertz CT molecular complexity index is 393. The summed E-state index contributed by atoms with van der Waals surface area (Å²) in [5.41, 5.74) is 7.03. The first kappa shape index (κ1) is 14.3. The van der Waals surface area contributed by atoms with Crippen molar-refractivity contribution >= 4 is 5.82 Å². The molecule has 2 rings (SSSR count). The van der Waals surface area contributed by atoms with Crippen molar-refractivity contribution in [3.05, 3.63) is 17.8 Å². The van der Waals surface area contributed by atoms with Crippen LogP contribution in [-0.2, 0) is 0 Å². The van der Waals surface area contributed by atoms with E-state index in [1.807, 2.05) is 0 Å². The molecule has 4 heteroatoms. The molecule has 106 valence electrons.